The van der Waals surface area contributed by atoms with Gasteiger partial charge in [0, 0.05) is 26.2 Å². The monoisotopic (exact) mass is 327 g/mol. The molecule has 0 aliphatic rings. The summed E-state index contributed by atoms with van der Waals surface area (Å²) < 4.78 is 1.06. The molecule has 2 rings (SSSR count). The number of nitrogens with one attached hydrogen (secondary N) is 1. The standard InChI is InChI=1S/C14H21N3O2S2/c1-4-17(5-2)14-16-13-11(21-14)6-10(20-13)12(19)15-7-9(3)8-18/h6,9,18H,4-5,7-8H2,1-3H3,(H,15,19). The van der Waals surface area contributed by atoms with Gasteiger partial charge in [-0.3, -0.25) is 4.79 Å². The summed E-state index contributed by atoms with van der Waals surface area (Å²) in [6.07, 6.45) is 0. The van der Waals surface area contributed by atoms with Crippen LogP contribution in [0, 0.1) is 5.92 Å². The number of nitrogens with zero attached hydrogens (tertiary/aromatic N) is 2. The molecule has 1 atom stereocenters. The highest BCUT2D eigenvalue weighted by Gasteiger charge is 2.16. The Balaban J connectivity index is 2.09. The Labute approximate surface area is 132 Å². The third-order valence-electron chi connectivity index (χ3n) is 3.26. The van der Waals surface area contributed by atoms with E-state index in [1.165, 1.54) is 11.3 Å². The predicted molar refractivity (Wildman–Crippen MR) is 89.6 cm³/mol. The molecule has 2 N–H and O–H groups in total. The van der Waals surface area contributed by atoms with E-state index in [0.29, 0.717) is 11.4 Å². The molecule has 2 aromatic heterocycles. The molecule has 1 amide bonds. The molecule has 5 nitrogen and oxygen atoms in total. The quantitative estimate of drug-likeness (QED) is 0.820. The molecule has 116 valence electrons. The van der Waals surface area contributed by atoms with E-state index in [1.807, 2.05) is 13.0 Å². The van der Waals surface area contributed by atoms with Crippen molar-refractivity contribution in [2.75, 3.05) is 31.1 Å². The lowest BCUT2D eigenvalue weighted by atomic mass is 10.2. The Kier molecular flexibility index (Phi) is 5.55. The van der Waals surface area contributed by atoms with Crippen molar-refractivity contribution in [2.45, 2.75) is 20.8 Å². The fourth-order valence-corrected chi connectivity index (χ4v) is 4.14. The number of aliphatic hydroxyl groups excluding tert-OH is 1. The van der Waals surface area contributed by atoms with Gasteiger partial charge >= 0.3 is 0 Å². The van der Waals surface area contributed by atoms with Gasteiger partial charge < -0.3 is 15.3 Å². The van der Waals surface area contributed by atoms with Crippen molar-refractivity contribution in [3.05, 3.63) is 10.9 Å². The third-order valence-corrected chi connectivity index (χ3v) is 5.48. The zero-order chi connectivity index (χ0) is 15.4. The molecule has 1 unspecified atom stereocenters. The Morgan fingerprint density at radius 2 is 2.14 bits per heavy atom. The van der Waals surface area contributed by atoms with Crippen molar-refractivity contribution < 1.29 is 9.90 Å². The van der Waals surface area contributed by atoms with Crippen LogP contribution in [-0.4, -0.2) is 42.2 Å². The number of amides is 1. The number of aliphatic hydroxyl groups is 1. The molecule has 0 saturated heterocycles. The molecular weight excluding hydrogens is 306 g/mol. The van der Waals surface area contributed by atoms with Crippen molar-refractivity contribution in [1.82, 2.24) is 10.3 Å². The molecule has 0 aliphatic heterocycles. The molecule has 0 spiro atoms. The molecule has 2 aromatic rings. The van der Waals surface area contributed by atoms with E-state index in [4.69, 9.17) is 5.11 Å². The van der Waals surface area contributed by atoms with E-state index >= 15 is 0 Å². The number of aromatic nitrogens is 1. The highest BCUT2D eigenvalue weighted by atomic mass is 32.1. The number of carbonyl (C=O) groups excluding carboxylic acids is 1. The smallest absolute Gasteiger partial charge is 0.261 e. The van der Waals surface area contributed by atoms with Crippen LogP contribution in [0.15, 0.2) is 6.07 Å². The van der Waals surface area contributed by atoms with Gasteiger partial charge in [0.2, 0.25) is 0 Å². The van der Waals surface area contributed by atoms with Crippen LogP contribution >= 0.6 is 22.7 Å². The van der Waals surface area contributed by atoms with Crippen LogP contribution in [0.4, 0.5) is 5.13 Å². The van der Waals surface area contributed by atoms with Crippen LogP contribution in [0.5, 0.6) is 0 Å². The first-order chi connectivity index (χ1) is 10.1. The van der Waals surface area contributed by atoms with Gasteiger partial charge in [0.1, 0.15) is 4.83 Å². The van der Waals surface area contributed by atoms with Crippen LogP contribution < -0.4 is 10.2 Å². The molecule has 0 aliphatic carbocycles. The molecule has 0 saturated carbocycles. The van der Waals surface area contributed by atoms with Gasteiger partial charge in [-0.15, -0.1) is 11.3 Å². The van der Waals surface area contributed by atoms with Gasteiger partial charge in [-0.2, -0.15) is 0 Å². The van der Waals surface area contributed by atoms with E-state index in [-0.39, 0.29) is 18.4 Å². The van der Waals surface area contributed by atoms with Gasteiger partial charge in [0.05, 0.1) is 9.58 Å². The number of thiophene rings is 1. The summed E-state index contributed by atoms with van der Waals surface area (Å²) in [6.45, 7) is 8.55. The first-order valence-corrected chi connectivity index (χ1v) is 8.76. The normalized spacial score (nSPS) is 12.6. The molecule has 7 heteroatoms. The minimum absolute atomic E-state index is 0.0717. The van der Waals surface area contributed by atoms with Gasteiger partial charge in [-0.05, 0) is 25.8 Å². The Morgan fingerprint density at radius 1 is 1.43 bits per heavy atom. The molecule has 2 heterocycles. The van der Waals surface area contributed by atoms with E-state index in [0.717, 1.165) is 27.8 Å². The van der Waals surface area contributed by atoms with Crippen molar-refractivity contribution in [2.24, 2.45) is 5.92 Å². The highest BCUT2D eigenvalue weighted by molar-refractivity contribution is 7.29. The SMILES string of the molecule is CCN(CC)c1nc2sc(C(=O)NCC(C)CO)cc2s1. The first kappa shape index (κ1) is 16.2. The highest BCUT2D eigenvalue weighted by Crippen LogP contribution is 2.34. The number of hydrogen-bond donors (Lipinski definition) is 2. The number of carbonyl (C=O) groups is 1. The maximum atomic E-state index is 12.0. The van der Waals surface area contributed by atoms with Crippen LogP contribution in [0.2, 0.25) is 0 Å². The summed E-state index contributed by atoms with van der Waals surface area (Å²) in [5.41, 5.74) is 0. The first-order valence-electron chi connectivity index (χ1n) is 7.13. The lowest BCUT2D eigenvalue weighted by Gasteiger charge is -2.16. The van der Waals surface area contributed by atoms with Gasteiger partial charge in [-0.25, -0.2) is 4.98 Å². The summed E-state index contributed by atoms with van der Waals surface area (Å²) >= 11 is 3.05. The van der Waals surface area contributed by atoms with Gasteiger partial charge in [0.25, 0.3) is 5.91 Å². The average molecular weight is 327 g/mol. The fourth-order valence-electron chi connectivity index (χ4n) is 1.88. The maximum Gasteiger partial charge on any atom is 0.261 e. The Hall–Kier alpha value is -1.18. The molecule has 0 radical (unpaired) electrons. The van der Waals surface area contributed by atoms with Gasteiger partial charge in [0.15, 0.2) is 5.13 Å². The summed E-state index contributed by atoms with van der Waals surface area (Å²) in [5.74, 6) is -0.0164. The number of anilines is 1. The summed E-state index contributed by atoms with van der Waals surface area (Å²) in [7, 11) is 0. The second-order valence-electron chi connectivity index (χ2n) is 4.95. The Morgan fingerprint density at radius 3 is 2.71 bits per heavy atom. The van der Waals surface area contributed by atoms with E-state index in [1.54, 1.807) is 11.3 Å². The molecule has 0 fully saturated rings. The Bertz CT molecular complexity index is 573. The zero-order valence-corrected chi connectivity index (χ0v) is 14.2. The van der Waals surface area contributed by atoms with E-state index < -0.39 is 0 Å². The summed E-state index contributed by atoms with van der Waals surface area (Å²) in [4.78, 5) is 20.5. The van der Waals surface area contributed by atoms with Crippen molar-refractivity contribution >= 4 is 43.2 Å². The van der Waals surface area contributed by atoms with Crippen LogP contribution in [0.25, 0.3) is 9.53 Å². The van der Waals surface area contributed by atoms with E-state index in [9.17, 15) is 4.79 Å². The molecule has 0 aromatic carbocycles. The van der Waals surface area contributed by atoms with Crippen molar-refractivity contribution in [3.8, 4) is 0 Å². The lowest BCUT2D eigenvalue weighted by molar-refractivity contribution is 0.0946. The molecular formula is C14H21N3O2S2. The summed E-state index contributed by atoms with van der Waals surface area (Å²) in [5, 5.41) is 12.8. The predicted octanol–water partition coefficient (Wildman–Crippen LogP) is 2.56. The minimum Gasteiger partial charge on any atom is -0.396 e. The van der Waals surface area contributed by atoms with Crippen LogP contribution in [0.3, 0.4) is 0 Å². The van der Waals surface area contributed by atoms with Crippen molar-refractivity contribution in [1.29, 1.82) is 0 Å². The number of hydrogen-bond acceptors (Lipinski definition) is 6. The average Bonchev–Trinajstić information content (AvgIpc) is 3.04. The molecule has 21 heavy (non-hydrogen) atoms. The summed E-state index contributed by atoms with van der Waals surface area (Å²) in [6, 6.07) is 1.91. The number of thiazole rings is 1. The van der Waals surface area contributed by atoms with E-state index in [2.05, 4.69) is 29.0 Å². The number of rotatable bonds is 7. The second-order valence-corrected chi connectivity index (χ2v) is 6.99. The topological polar surface area (TPSA) is 65.5 Å². The minimum atomic E-state index is -0.0881. The van der Waals surface area contributed by atoms with Crippen molar-refractivity contribution in [3.63, 3.8) is 0 Å². The largest absolute Gasteiger partial charge is 0.396 e. The maximum absolute atomic E-state index is 12.0. The zero-order valence-electron chi connectivity index (χ0n) is 12.5. The lowest BCUT2D eigenvalue weighted by Crippen LogP contribution is -2.28. The van der Waals surface area contributed by atoms with Gasteiger partial charge in [-0.1, -0.05) is 18.3 Å². The van der Waals surface area contributed by atoms with Crippen LogP contribution in [0.1, 0.15) is 30.4 Å². The molecule has 0 bridgehead atoms. The third kappa shape index (κ3) is 3.72. The second kappa shape index (κ2) is 7.20. The van der Waals surface area contributed by atoms with Crippen LogP contribution in [-0.2, 0) is 0 Å². The fraction of sp³-hybridized carbons (Fsp3) is 0.571. The number of fused-ring (bicyclic) bond motifs is 1.